The highest BCUT2D eigenvalue weighted by Gasteiger charge is 2.40. The Hall–Kier alpha value is -2.23. The zero-order chi connectivity index (χ0) is 15.0. The number of hydrogen-bond donors (Lipinski definition) is 1. The smallest absolute Gasteiger partial charge is 0.128 e. The zero-order valence-electron chi connectivity index (χ0n) is 12.9. The van der Waals surface area contributed by atoms with Crippen LogP contribution < -0.4 is 15.0 Å². The second kappa shape index (κ2) is 4.95. The van der Waals surface area contributed by atoms with E-state index in [4.69, 9.17) is 4.74 Å². The molecule has 110 valence electrons. The first-order chi connectivity index (χ1) is 9.97. The summed E-state index contributed by atoms with van der Waals surface area (Å²) in [6.07, 6.45) is 1.87. The van der Waals surface area contributed by atoms with Gasteiger partial charge in [0.25, 0.3) is 0 Å². The van der Waals surface area contributed by atoms with Gasteiger partial charge in [-0.2, -0.15) is 0 Å². The van der Waals surface area contributed by atoms with E-state index in [2.05, 4.69) is 36.3 Å². The molecule has 4 nitrogen and oxygen atoms in total. The van der Waals surface area contributed by atoms with Crippen LogP contribution in [0.1, 0.15) is 25.5 Å². The summed E-state index contributed by atoms with van der Waals surface area (Å²) in [6, 6.07) is 12.4. The van der Waals surface area contributed by atoms with Crippen molar-refractivity contribution >= 4 is 11.5 Å². The van der Waals surface area contributed by atoms with Gasteiger partial charge < -0.3 is 15.0 Å². The van der Waals surface area contributed by atoms with Crippen molar-refractivity contribution < 1.29 is 4.74 Å². The molecule has 3 rings (SSSR count). The van der Waals surface area contributed by atoms with Crippen molar-refractivity contribution in [2.45, 2.75) is 25.5 Å². The van der Waals surface area contributed by atoms with Crippen LogP contribution in [0.4, 0.5) is 11.5 Å². The Balaban J connectivity index is 1.86. The minimum absolute atomic E-state index is 0.112. The van der Waals surface area contributed by atoms with E-state index in [1.54, 1.807) is 0 Å². The first-order valence-corrected chi connectivity index (χ1v) is 7.15. The molecule has 1 aliphatic heterocycles. The Kier molecular flexibility index (Phi) is 3.24. The fourth-order valence-electron chi connectivity index (χ4n) is 2.68. The van der Waals surface area contributed by atoms with E-state index in [0.29, 0.717) is 0 Å². The molecule has 2 aromatic rings. The monoisotopic (exact) mass is 283 g/mol. The van der Waals surface area contributed by atoms with Crippen molar-refractivity contribution in [2.75, 3.05) is 24.3 Å². The van der Waals surface area contributed by atoms with Crippen molar-refractivity contribution in [1.82, 2.24) is 4.98 Å². The minimum atomic E-state index is -0.288. The predicted molar refractivity (Wildman–Crippen MR) is 86.1 cm³/mol. The highest BCUT2D eigenvalue weighted by Crippen LogP contribution is 2.44. The van der Waals surface area contributed by atoms with Gasteiger partial charge >= 0.3 is 0 Å². The van der Waals surface area contributed by atoms with Gasteiger partial charge in [0.05, 0.1) is 17.9 Å². The van der Waals surface area contributed by atoms with Crippen molar-refractivity contribution in [3.05, 3.63) is 48.2 Å². The van der Waals surface area contributed by atoms with Crippen LogP contribution in [0.5, 0.6) is 5.75 Å². The molecule has 1 N–H and O–H groups in total. The lowest BCUT2D eigenvalue weighted by Gasteiger charge is -2.28. The standard InChI is InChI=1S/C17H21N3O/c1-17(2)16(13-7-5-6-8-14(13)21-17)19-12-9-10-15(18-11-12)20(3)4/h5-11,16,19H,1-4H3. The van der Waals surface area contributed by atoms with Crippen LogP contribution >= 0.6 is 0 Å². The van der Waals surface area contributed by atoms with E-state index < -0.39 is 0 Å². The fourth-order valence-corrected chi connectivity index (χ4v) is 2.68. The maximum Gasteiger partial charge on any atom is 0.128 e. The SMILES string of the molecule is CN(C)c1ccc(NC2c3ccccc3OC2(C)C)cn1. The maximum atomic E-state index is 6.05. The molecule has 1 unspecified atom stereocenters. The number of aromatic nitrogens is 1. The molecule has 1 atom stereocenters. The molecular formula is C17H21N3O. The van der Waals surface area contributed by atoms with Crippen LogP contribution in [0.25, 0.3) is 0 Å². The average molecular weight is 283 g/mol. The zero-order valence-corrected chi connectivity index (χ0v) is 12.9. The second-order valence-electron chi connectivity index (χ2n) is 6.12. The average Bonchev–Trinajstić information content (AvgIpc) is 2.70. The third kappa shape index (κ3) is 2.53. The summed E-state index contributed by atoms with van der Waals surface area (Å²) in [5, 5.41) is 3.55. The van der Waals surface area contributed by atoms with Gasteiger partial charge in [0.1, 0.15) is 17.2 Å². The molecule has 0 spiro atoms. The second-order valence-corrected chi connectivity index (χ2v) is 6.12. The van der Waals surface area contributed by atoms with E-state index in [1.165, 1.54) is 5.56 Å². The van der Waals surface area contributed by atoms with Gasteiger partial charge in [0, 0.05) is 19.7 Å². The third-order valence-corrected chi connectivity index (χ3v) is 3.82. The molecule has 0 aliphatic carbocycles. The number of anilines is 2. The number of nitrogens with zero attached hydrogens (tertiary/aromatic N) is 2. The van der Waals surface area contributed by atoms with Crippen LogP contribution in [0, 0.1) is 0 Å². The van der Waals surface area contributed by atoms with Crippen molar-refractivity contribution in [3.8, 4) is 5.75 Å². The summed E-state index contributed by atoms with van der Waals surface area (Å²) < 4.78 is 6.05. The molecular weight excluding hydrogens is 262 g/mol. The van der Waals surface area contributed by atoms with Crippen LogP contribution in [-0.4, -0.2) is 24.7 Å². The van der Waals surface area contributed by atoms with Gasteiger partial charge in [-0.1, -0.05) is 18.2 Å². The summed E-state index contributed by atoms with van der Waals surface area (Å²) in [5.74, 6) is 1.90. The molecule has 1 aromatic carbocycles. The largest absolute Gasteiger partial charge is 0.485 e. The Morgan fingerprint density at radius 3 is 2.57 bits per heavy atom. The maximum absolute atomic E-state index is 6.05. The summed E-state index contributed by atoms with van der Waals surface area (Å²) in [5.41, 5.74) is 1.90. The molecule has 1 aliphatic rings. The molecule has 0 fully saturated rings. The third-order valence-electron chi connectivity index (χ3n) is 3.82. The van der Waals surface area contributed by atoms with Gasteiger partial charge in [-0.25, -0.2) is 4.98 Å². The normalized spacial score (nSPS) is 18.8. The Morgan fingerprint density at radius 2 is 1.90 bits per heavy atom. The van der Waals surface area contributed by atoms with E-state index >= 15 is 0 Å². The molecule has 0 saturated heterocycles. The summed E-state index contributed by atoms with van der Waals surface area (Å²) >= 11 is 0. The minimum Gasteiger partial charge on any atom is -0.485 e. The molecule has 0 amide bonds. The van der Waals surface area contributed by atoms with Crippen molar-refractivity contribution in [3.63, 3.8) is 0 Å². The summed E-state index contributed by atoms with van der Waals surface area (Å²) in [6.45, 7) is 4.21. The van der Waals surface area contributed by atoms with Crippen LogP contribution in [0.15, 0.2) is 42.6 Å². The van der Waals surface area contributed by atoms with E-state index in [0.717, 1.165) is 17.3 Å². The van der Waals surface area contributed by atoms with Gasteiger partial charge in [-0.05, 0) is 32.0 Å². The number of fused-ring (bicyclic) bond motifs is 1. The van der Waals surface area contributed by atoms with Gasteiger partial charge in [0.15, 0.2) is 0 Å². The first kappa shape index (κ1) is 13.7. The van der Waals surface area contributed by atoms with E-state index in [1.807, 2.05) is 49.5 Å². The number of rotatable bonds is 3. The van der Waals surface area contributed by atoms with Gasteiger partial charge in [0.2, 0.25) is 0 Å². The van der Waals surface area contributed by atoms with Crippen LogP contribution in [0.2, 0.25) is 0 Å². The molecule has 0 bridgehead atoms. The number of hydrogen-bond acceptors (Lipinski definition) is 4. The van der Waals surface area contributed by atoms with Crippen LogP contribution in [-0.2, 0) is 0 Å². The number of pyridine rings is 1. The molecule has 0 radical (unpaired) electrons. The highest BCUT2D eigenvalue weighted by molar-refractivity contribution is 5.53. The molecule has 2 heterocycles. The van der Waals surface area contributed by atoms with Crippen LogP contribution in [0.3, 0.4) is 0 Å². The Bertz CT molecular complexity index is 635. The Morgan fingerprint density at radius 1 is 1.14 bits per heavy atom. The molecule has 4 heteroatoms. The fraction of sp³-hybridized carbons (Fsp3) is 0.353. The molecule has 1 aromatic heterocycles. The van der Waals surface area contributed by atoms with E-state index in [9.17, 15) is 0 Å². The van der Waals surface area contributed by atoms with E-state index in [-0.39, 0.29) is 11.6 Å². The molecule has 0 saturated carbocycles. The first-order valence-electron chi connectivity index (χ1n) is 7.15. The quantitative estimate of drug-likeness (QED) is 0.936. The summed E-state index contributed by atoms with van der Waals surface area (Å²) in [7, 11) is 3.97. The highest BCUT2D eigenvalue weighted by atomic mass is 16.5. The molecule has 21 heavy (non-hydrogen) atoms. The van der Waals surface area contributed by atoms with Gasteiger partial charge in [-0.3, -0.25) is 0 Å². The number of nitrogens with one attached hydrogen (secondary N) is 1. The summed E-state index contributed by atoms with van der Waals surface area (Å²) in [4.78, 5) is 6.43. The Labute approximate surface area is 125 Å². The lowest BCUT2D eigenvalue weighted by atomic mass is 9.94. The number of ether oxygens (including phenoxy) is 1. The lowest BCUT2D eigenvalue weighted by molar-refractivity contribution is 0.118. The van der Waals surface area contributed by atoms with Crippen molar-refractivity contribution in [2.24, 2.45) is 0 Å². The lowest BCUT2D eigenvalue weighted by Crippen LogP contribution is -2.34. The van der Waals surface area contributed by atoms with Gasteiger partial charge in [-0.15, -0.1) is 0 Å². The number of benzene rings is 1. The topological polar surface area (TPSA) is 37.4 Å². The van der Waals surface area contributed by atoms with Crippen molar-refractivity contribution in [1.29, 1.82) is 0 Å². The number of para-hydroxylation sites is 1. The predicted octanol–water partition coefficient (Wildman–Crippen LogP) is 3.47.